The predicted molar refractivity (Wildman–Crippen MR) is 105 cm³/mol. The van der Waals surface area contributed by atoms with Crippen molar-refractivity contribution >= 4 is 22.5 Å². The maximum atomic E-state index is 4.60. The van der Waals surface area contributed by atoms with Crippen molar-refractivity contribution in [3.05, 3.63) is 47.8 Å². The Labute approximate surface area is 157 Å². The van der Waals surface area contributed by atoms with E-state index in [1.807, 2.05) is 25.3 Å². The van der Waals surface area contributed by atoms with Gasteiger partial charge in [0.15, 0.2) is 5.82 Å². The molecule has 1 saturated heterocycles. The number of aryl methyl sites for hydroxylation is 1. The average Bonchev–Trinajstić information content (AvgIpc) is 3.13. The molecule has 1 aliphatic rings. The summed E-state index contributed by atoms with van der Waals surface area (Å²) in [7, 11) is 2.19. The molecule has 1 N–H and O–H groups in total. The molecule has 0 saturated carbocycles. The number of aromatic nitrogens is 4. The van der Waals surface area contributed by atoms with Crippen LogP contribution in [0.15, 0.2) is 36.7 Å². The summed E-state index contributed by atoms with van der Waals surface area (Å²) < 4.78 is 4.48. The van der Waals surface area contributed by atoms with E-state index in [1.165, 1.54) is 29.9 Å². The van der Waals surface area contributed by atoms with E-state index < -0.39 is 0 Å². The Morgan fingerprint density at radius 1 is 1.15 bits per heavy atom. The van der Waals surface area contributed by atoms with Crippen molar-refractivity contribution in [2.45, 2.75) is 25.7 Å². The fraction of sp³-hybridized carbons (Fsp3) is 0.368. The standard InChI is InChI=1S/C19H22N6S/c1-13-4-3-8-21-17(13)22-19-23-18(24-26-19)16-12-15(5-9-20-16)14-6-10-25(2)11-7-14/h3-5,8-9,12,14H,6-7,10-11H2,1-2H3,(H,21,22,23,24). The molecule has 1 fully saturated rings. The van der Waals surface area contributed by atoms with Gasteiger partial charge in [0, 0.05) is 23.9 Å². The zero-order valence-electron chi connectivity index (χ0n) is 15.0. The van der Waals surface area contributed by atoms with Gasteiger partial charge < -0.3 is 10.2 Å². The molecule has 1 aliphatic heterocycles. The number of nitrogens with zero attached hydrogens (tertiary/aromatic N) is 5. The minimum absolute atomic E-state index is 0.598. The molecule has 0 aromatic carbocycles. The van der Waals surface area contributed by atoms with Crippen LogP contribution in [0.5, 0.6) is 0 Å². The van der Waals surface area contributed by atoms with Gasteiger partial charge in [-0.3, -0.25) is 4.98 Å². The van der Waals surface area contributed by atoms with Crippen LogP contribution < -0.4 is 5.32 Å². The first kappa shape index (κ1) is 17.1. The van der Waals surface area contributed by atoms with E-state index in [1.54, 1.807) is 6.20 Å². The van der Waals surface area contributed by atoms with E-state index in [4.69, 9.17) is 0 Å². The molecule has 0 amide bonds. The number of anilines is 2. The number of hydrogen-bond acceptors (Lipinski definition) is 7. The number of rotatable bonds is 4. The van der Waals surface area contributed by atoms with Gasteiger partial charge >= 0.3 is 0 Å². The topological polar surface area (TPSA) is 66.8 Å². The predicted octanol–water partition coefficient (Wildman–Crippen LogP) is 3.86. The Bertz CT molecular complexity index is 885. The maximum Gasteiger partial charge on any atom is 0.208 e. The number of likely N-dealkylation sites (tertiary alicyclic amines) is 1. The summed E-state index contributed by atoms with van der Waals surface area (Å²) in [4.78, 5) is 15.8. The third-order valence-corrected chi connectivity index (χ3v) is 5.49. The number of hydrogen-bond donors (Lipinski definition) is 1. The van der Waals surface area contributed by atoms with Gasteiger partial charge in [-0.15, -0.1) is 0 Å². The quantitative estimate of drug-likeness (QED) is 0.756. The van der Waals surface area contributed by atoms with Crippen molar-refractivity contribution in [1.29, 1.82) is 0 Å². The summed E-state index contributed by atoms with van der Waals surface area (Å²) in [6.45, 7) is 4.31. The van der Waals surface area contributed by atoms with Gasteiger partial charge in [-0.2, -0.15) is 9.36 Å². The third-order valence-electron chi connectivity index (χ3n) is 4.86. The van der Waals surface area contributed by atoms with E-state index >= 15 is 0 Å². The molecule has 4 heterocycles. The first-order valence-electron chi connectivity index (χ1n) is 8.86. The first-order valence-corrected chi connectivity index (χ1v) is 9.63. The first-order chi connectivity index (χ1) is 12.7. The zero-order chi connectivity index (χ0) is 17.9. The van der Waals surface area contributed by atoms with Gasteiger partial charge in [0.25, 0.3) is 0 Å². The van der Waals surface area contributed by atoms with Crippen LogP contribution in [0.1, 0.15) is 29.9 Å². The number of piperidine rings is 1. The van der Waals surface area contributed by atoms with Crippen molar-refractivity contribution in [2.75, 3.05) is 25.5 Å². The van der Waals surface area contributed by atoms with E-state index in [-0.39, 0.29) is 0 Å². The molecule has 7 heteroatoms. The summed E-state index contributed by atoms with van der Waals surface area (Å²) in [5.41, 5.74) is 3.25. The van der Waals surface area contributed by atoms with Crippen molar-refractivity contribution in [1.82, 2.24) is 24.2 Å². The Kier molecular flexibility index (Phi) is 4.90. The normalized spacial score (nSPS) is 15.9. The second-order valence-electron chi connectivity index (χ2n) is 6.77. The molecule has 3 aromatic rings. The van der Waals surface area contributed by atoms with Crippen molar-refractivity contribution in [3.63, 3.8) is 0 Å². The Balaban J connectivity index is 1.52. The lowest BCUT2D eigenvalue weighted by Crippen LogP contribution is -2.29. The summed E-state index contributed by atoms with van der Waals surface area (Å²) in [5.74, 6) is 2.07. The highest BCUT2D eigenvalue weighted by atomic mass is 32.1. The van der Waals surface area contributed by atoms with Gasteiger partial charge in [0.2, 0.25) is 5.13 Å². The smallest absolute Gasteiger partial charge is 0.208 e. The highest BCUT2D eigenvalue weighted by Gasteiger charge is 2.19. The van der Waals surface area contributed by atoms with Crippen LogP contribution in [0.2, 0.25) is 0 Å². The SMILES string of the molecule is Cc1cccnc1Nc1nc(-c2cc(C3CCN(C)CC3)ccn2)ns1. The second kappa shape index (κ2) is 7.47. The Hall–Kier alpha value is -2.38. The van der Waals surface area contributed by atoms with E-state index in [2.05, 4.69) is 48.7 Å². The van der Waals surface area contributed by atoms with Crippen molar-refractivity contribution in [3.8, 4) is 11.5 Å². The molecule has 3 aromatic heterocycles. The zero-order valence-corrected chi connectivity index (χ0v) is 15.8. The van der Waals surface area contributed by atoms with Crippen LogP contribution >= 0.6 is 11.5 Å². The molecule has 26 heavy (non-hydrogen) atoms. The molecular weight excluding hydrogens is 344 g/mol. The summed E-state index contributed by atoms with van der Waals surface area (Å²) in [6, 6.07) is 8.21. The van der Waals surface area contributed by atoms with Crippen LogP contribution in [0, 0.1) is 6.92 Å². The monoisotopic (exact) mass is 366 g/mol. The van der Waals surface area contributed by atoms with Crippen molar-refractivity contribution in [2.24, 2.45) is 0 Å². The molecule has 0 spiro atoms. The van der Waals surface area contributed by atoms with Gasteiger partial charge in [-0.25, -0.2) is 4.98 Å². The molecule has 0 unspecified atom stereocenters. The van der Waals surface area contributed by atoms with Gasteiger partial charge in [-0.1, -0.05) is 6.07 Å². The molecule has 134 valence electrons. The lowest BCUT2D eigenvalue weighted by atomic mass is 9.90. The van der Waals surface area contributed by atoms with Gasteiger partial charge in [-0.05, 0) is 75.1 Å². The molecule has 0 aliphatic carbocycles. The van der Waals surface area contributed by atoms with Crippen LogP contribution in [0.25, 0.3) is 11.5 Å². The largest absolute Gasteiger partial charge is 0.315 e. The summed E-state index contributed by atoms with van der Waals surface area (Å²) >= 11 is 1.33. The van der Waals surface area contributed by atoms with E-state index in [0.717, 1.165) is 35.3 Å². The lowest BCUT2D eigenvalue weighted by molar-refractivity contribution is 0.255. The van der Waals surface area contributed by atoms with Crippen LogP contribution in [-0.2, 0) is 0 Å². The average molecular weight is 366 g/mol. The van der Waals surface area contributed by atoms with Crippen molar-refractivity contribution < 1.29 is 0 Å². The number of pyridine rings is 2. The minimum Gasteiger partial charge on any atom is -0.315 e. The van der Waals surface area contributed by atoms with Gasteiger partial charge in [0.05, 0.1) is 0 Å². The van der Waals surface area contributed by atoms with Crippen LogP contribution in [0.4, 0.5) is 10.9 Å². The minimum atomic E-state index is 0.598. The third kappa shape index (κ3) is 3.73. The number of nitrogens with one attached hydrogen (secondary N) is 1. The molecule has 0 atom stereocenters. The van der Waals surface area contributed by atoms with Gasteiger partial charge in [0.1, 0.15) is 11.5 Å². The Morgan fingerprint density at radius 2 is 2.00 bits per heavy atom. The second-order valence-corrected chi connectivity index (χ2v) is 7.52. The van der Waals surface area contributed by atoms with Crippen LogP contribution in [-0.4, -0.2) is 44.4 Å². The molecule has 6 nitrogen and oxygen atoms in total. The summed E-state index contributed by atoms with van der Waals surface area (Å²) in [6.07, 6.45) is 6.02. The fourth-order valence-corrected chi connectivity index (χ4v) is 3.84. The molecule has 0 radical (unpaired) electrons. The maximum absolute atomic E-state index is 4.60. The summed E-state index contributed by atoms with van der Waals surface area (Å²) in [5, 5.41) is 3.98. The molecular formula is C19H22N6S. The molecule has 0 bridgehead atoms. The van der Waals surface area contributed by atoms with Crippen LogP contribution in [0.3, 0.4) is 0 Å². The highest BCUT2D eigenvalue weighted by Crippen LogP contribution is 2.30. The van der Waals surface area contributed by atoms with E-state index in [0.29, 0.717) is 11.7 Å². The molecule has 4 rings (SSSR count). The Morgan fingerprint density at radius 3 is 2.81 bits per heavy atom. The highest BCUT2D eigenvalue weighted by molar-refractivity contribution is 7.09. The fourth-order valence-electron chi connectivity index (χ4n) is 3.26. The van der Waals surface area contributed by atoms with E-state index in [9.17, 15) is 0 Å². The lowest BCUT2D eigenvalue weighted by Gasteiger charge is -2.29.